The van der Waals surface area contributed by atoms with Crippen LogP contribution in [0.1, 0.15) is 26.5 Å². The first-order valence-corrected chi connectivity index (χ1v) is 8.73. The summed E-state index contributed by atoms with van der Waals surface area (Å²) in [5.74, 6) is 1.43. The summed E-state index contributed by atoms with van der Waals surface area (Å²) < 4.78 is 5.46. The molecule has 1 aromatic heterocycles. The number of benzene rings is 1. The van der Waals surface area contributed by atoms with Gasteiger partial charge in [-0.25, -0.2) is 4.98 Å². The van der Waals surface area contributed by atoms with Crippen molar-refractivity contribution in [2.45, 2.75) is 33.2 Å². The molecular weight excluding hydrogens is 314 g/mol. The zero-order valence-corrected chi connectivity index (χ0v) is 15.5. The summed E-state index contributed by atoms with van der Waals surface area (Å²) in [7, 11) is 0. The molecule has 0 bridgehead atoms. The lowest BCUT2D eigenvalue weighted by atomic mass is 10.1. The van der Waals surface area contributed by atoms with Crippen molar-refractivity contribution in [2.24, 2.45) is 0 Å². The van der Waals surface area contributed by atoms with E-state index in [4.69, 9.17) is 4.74 Å². The lowest BCUT2D eigenvalue weighted by Crippen LogP contribution is -2.36. The van der Waals surface area contributed by atoms with Gasteiger partial charge in [-0.15, -0.1) is 0 Å². The van der Waals surface area contributed by atoms with Gasteiger partial charge in [0.2, 0.25) is 5.95 Å². The number of rotatable bonds is 4. The second-order valence-electron chi connectivity index (χ2n) is 7.33. The van der Waals surface area contributed by atoms with E-state index in [1.165, 1.54) is 0 Å². The zero-order chi connectivity index (χ0) is 17.9. The van der Waals surface area contributed by atoms with E-state index in [9.17, 15) is 0 Å². The molecule has 2 heterocycles. The van der Waals surface area contributed by atoms with Gasteiger partial charge >= 0.3 is 0 Å². The van der Waals surface area contributed by atoms with Crippen molar-refractivity contribution >= 4 is 23.1 Å². The number of hydrogen-bond acceptors (Lipinski definition) is 6. The number of aryl methyl sites for hydroxylation is 1. The average molecular weight is 341 g/mol. The van der Waals surface area contributed by atoms with Gasteiger partial charge in [0.1, 0.15) is 5.82 Å². The second-order valence-corrected chi connectivity index (χ2v) is 7.33. The standard InChI is InChI=1S/C19H27N5O/c1-14-13-17(23-19(2,3)4)22-18(20-14)21-15-7-5-6-8-16(15)24-9-11-25-12-10-24/h5-8,13H,9-12H2,1-4H3,(H2,20,21,22,23). The largest absolute Gasteiger partial charge is 0.378 e. The van der Waals surface area contributed by atoms with Gasteiger partial charge < -0.3 is 20.3 Å². The van der Waals surface area contributed by atoms with Crippen LogP contribution in [-0.2, 0) is 4.74 Å². The van der Waals surface area contributed by atoms with Crippen molar-refractivity contribution in [3.05, 3.63) is 36.0 Å². The molecule has 6 heteroatoms. The van der Waals surface area contributed by atoms with Crippen LogP contribution in [0, 0.1) is 6.92 Å². The first kappa shape index (κ1) is 17.5. The maximum Gasteiger partial charge on any atom is 0.229 e. The van der Waals surface area contributed by atoms with Gasteiger partial charge in [0.15, 0.2) is 0 Å². The minimum absolute atomic E-state index is 0.0518. The van der Waals surface area contributed by atoms with Crippen LogP contribution in [0.5, 0.6) is 0 Å². The fourth-order valence-corrected chi connectivity index (χ4v) is 2.85. The Morgan fingerprint density at radius 3 is 2.52 bits per heavy atom. The molecule has 0 radical (unpaired) electrons. The Balaban J connectivity index is 1.85. The molecule has 0 aliphatic carbocycles. The number of aromatic nitrogens is 2. The summed E-state index contributed by atoms with van der Waals surface area (Å²) in [5.41, 5.74) is 3.04. The highest BCUT2D eigenvalue weighted by Crippen LogP contribution is 2.28. The smallest absolute Gasteiger partial charge is 0.229 e. The molecule has 0 amide bonds. The van der Waals surface area contributed by atoms with E-state index in [0.717, 1.165) is 49.2 Å². The van der Waals surface area contributed by atoms with Crippen LogP contribution in [0.4, 0.5) is 23.1 Å². The summed E-state index contributed by atoms with van der Waals surface area (Å²) in [6, 6.07) is 10.2. The molecule has 0 atom stereocenters. The third kappa shape index (κ3) is 4.82. The van der Waals surface area contributed by atoms with Crippen LogP contribution in [0.15, 0.2) is 30.3 Å². The summed E-state index contributed by atoms with van der Waals surface area (Å²) in [4.78, 5) is 11.5. The molecule has 0 unspecified atom stereocenters. The van der Waals surface area contributed by atoms with Gasteiger partial charge in [-0.1, -0.05) is 12.1 Å². The van der Waals surface area contributed by atoms with Gasteiger partial charge in [0.05, 0.1) is 24.6 Å². The van der Waals surface area contributed by atoms with Crippen molar-refractivity contribution in [3.63, 3.8) is 0 Å². The van der Waals surface area contributed by atoms with E-state index >= 15 is 0 Å². The molecule has 1 fully saturated rings. The number of hydrogen-bond donors (Lipinski definition) is 2. The zero-order valence-electron chi connectivity index (χ0n) is 15.5. The highest BCUT2D eigenvalue weighted by molar-refractivity contribution is 5.73. The number of nitrogens with one attached hydrogen (secondary N) is 2. The normalized spacial score (nSPS) is 15.1. The summed E-state index contributed by atoms with van der Waals surface area (Å²) >= 11 is 0. The minimum atomic E-state index is -0.0518. The molecule has 0 saturated carbocycles. The predicted molar refractivity (Wildman–Crippen MR) is 103 cm³/mol. The average Bonchev–Trinajstić information content (AvgIpc) is 2.54. The topological polar surface area (TPSA) is 62.3 Å². The molecule has 6 nitrogen and oxygen atoms in total. The Morgan fingerprint density at radius 2 is 1.80 bits per heavy atom. The maximum atomic E-state index is 5.46. The fourth-order valence-electron chi connectivity index (χ4n) is 2.85. The van der Waals surface area contributed by atoms with E-state index in [2.05, 4.69) is 64.5 Å². The number of nitrogens with zero attached hydrogens (tertiary/aromatic N) is 3. The molecular formula is C19H27N5O. The van der Waals surface area contributed by atoms with Gasteiger partial charge in [-0.05, 0) is 39.8 Å². The van der Waals surface area contributed by atoms with Crippen LogP contribution in [0.25, 0.3) is 0 Å². The van der Waals surface area contributed by atoms with Crippen LogP contribution >= 0.6 is 0 Å². The van der Waals surface area contributed by atoms with E-state index in [-0.39, 0.29) is 5.54 Å². The third-order valence-electron chi connectivity index (χ3n) is 3.86. The summed E-state index contributed by atoms with van der Waals surface area (Å²) in [6.07, 6.45) is 0. The van der Waals surface area contributed by atoms with Gasteiger partial charge in [0.25, 0.3) is 0 Å². The van der Waals surface area contributed by atoms with E-state index in [0.29, 0.717) is 5.95 Å². The van der Waals surface area contributed by atoms with Gasteiger partial charge in [0, 0.05) is 30.4 Å². The van der Waals surface area contributed by atoms with Crippen molar-refractivity contribution in [2.75, 3.05) is 41.8 Å². The molecule has 134 valence electrons. The van der Waals surface area contributed by atoms with Crippen LogP contribution in [0.2, 0.25) is 0 Å². The highest BCUT2D eigenvalue weighted by Gasteiger charge is 2.16. The van der Waals surface area contributed by atoms with E-state index < -0.39 is 0 Å². The number of morpholine rings is 1. The lowest BCUT2D eigenvalue weighted by molar-refractivity contribution is 0.123. The molecule has 2 aromatic rings. The van der Waals surface area contributed by atoms with Crippen LogP contribution in [-0.4, -0.2) is 41.8 Å². The number of anilines is 4. The summed E-state index contributed by atoms with van der Waals surface area (Å²) in [5, 5.41) is 6.80. The first-order valence-electron chi connectivity index (χ1n) is 8.73. The van der Waals surface area contributed by atoms with Crippen LogP contribution in [0.3, 0.4) is 0 Å². The Hall–Kier alpha value is -2.34. The Labute approximate surface area is 149 Å². The Kier molecular flexibility index (Phi) is 5.08. The first-order chi connectivity index (χ1) is 11.9. The van der Waals surface area contributed by atoms with Crippen LogP contribution < -0.4 is 15.5 Å². The number of ether oxygens (including phenoxy) is 1. The van der Waals surface area contributed by atoms with Crippen molar-refractivity contribution in [3.8, 4) is 0 Å². The molecule has 0 spiro atoms. The second kappa shape index (κ2) is 7.27. The minimum Gasteiger partial charge on any atom is -0.378 e. The van der Waals surface area contributed by atoms with E-state index in [1.54, 1.807) is 0 Å². The Morgan fingerprint density at radius 1 is 1.08 bits per heavy atom. The molecule has 25 heavy (non-hydrogen) atoms. The molecule has 1 saturated heterocycles. The van der Waals surface area contributed by atoms with Gasteiger partial charge in [-0.3, -0.25) is 0 Å². The van der Waals surface area contributed by atoms with Crippen molar-refractivity contribution in [1.82, 2.24) is 9.97 Å². The number of para-hydroxylation sites is 2. The molecule has 3 rings (SSSR count). The van der Waals surface area contributed by atoms with E-state index in [1.807, 2.05) is 19.1 Å². The Bertz CT molecular complexity index is 720. The molecule has 1 aromatic carbocycles. The van der Waals surface area contributed by atoms with Crippen molar-refractivity contribution < 1.29 is 4.74 Å². The molecule has 2 N–H and O–H groups in total. The predicted octanol–water partition coefficient (Wildman–Crippen LogP) is 3.58. The molecule has 1 aliphatic rings. The fraction of sp³-hybridized carbons (Fsp3) is 0.474. The SMILES string of the molecule is Cc1cc(NC(C)(C)C)nc(Nc2ccccc2N2CCOCC2)n1. The lowest BCUT2D eigenvalue weighted by Gasteiger charge is -2.30. The quantitative estimate of drug-likeness (QED) is 0.886. The van der Waals surface area contributed by atoms with Crippen molar-refractivity contribution in [1.29, 1.82) is 0 Å². The highest BCUT2D eigenvalue weighted by atomic mass is 16.5. The third-order valence-corrected chi connectivity index (χ3v) is 3.86. The molecule has 1 aliphatic heterocycles. The van der Waals surface area contributed by atoms with Gasteiger partial charge in [-0.2, -0.15) is 4.98 Å². The maximum absolute atomic E-state index is 5.46. The monoisotopic (exact) mass is 341 g/mol. The summed E-state index contributed by atoms with van der Waals surface area (Å²) in [6.45, 7) is 11.6.